The van der Waals surface area contributed by atoms with E-state index in [0.29, 0.717) is 10.7 Å². The van der Waals surface area contributed by atoms with Crippen LogP contribution in [0.5, 0.6) is 0 Å². The molecular weight excluding hydrogens is 226 g/mol. The minimum Gasteiger partial charge on any atom is -0.459 e. The molecular formula is C12H16ClNO2. The van der Waals surface area contributed by atoms with Crippen LogP contribution in [0.2, 0.25) is 5.02 Å². The lowest BCUT2D eigenvalue weighted by molar-refractivity contribution is -0.142. The first kappa shape index (κ1) is 13.0. The minimum atomic E-state index is -0.320. The second-order valence-electron chi connectivity index (χ2n) is 4.69. The van der Waals surface area contributed by atoms with Crippen molar-refractivity contribution in [1.29, 1.82) is 0 Å². The van der Waals surface area contributed by atoms with Crippen LogP contribution in [0.3, 0.4) is 0 Å². The summed E-state index contributed by atoms with van der Waals surface area (Å²) in [6, 6.07) is 3.54. The average molecular weight is 242 g/mol. The molecule has 4 heteroatoms. The first-order valence-electron chi connectivity index (χ1n) is 5.09. The highest BCUT2D eigenvalue weighted by atomic mass is 35.5. The Hall–Kier alpha value is -1.09. The molecule has 0 aliphatic carbocycles. The summed E-state index contributed by atoms with van der Waals surface area (Å²) in [4.78, 5) is 15.1. The number of ether oxygens (including phenoxy) is 1. The number of hydrogen-bond acceptors (Lipinski definition) is 3. The monoisotopic (exact) mass is 241 g/mol. The zero-order valence-corrected chi connectivity index (χ0v) is 10.8. The number of nitrogens with zero attached hydrogens (tertiary/aromatic N) is 1. The third-order valence-corrected chi connectivity index (χ3v) is 2.25. The zero-order chi connectivity index (χ0) is 12.3. The summed E-state index contributed by atoms with van der Waals surface area (Å²) in [5.41, 5.74) is 1.49. The molecule has 0 atom stereocenters. The minimum absolute atomic E-state index is 0.0735. The summed E-state index contributed by atoms with van der Waals surface area (Å²) in [7, 11) is 0. The van der Waals surface area contributed by atoms with Crippen LogP contribution in [0.15, 0.2) is 12.1 Å². The Bertz CT molecular complexity index is 396. The van der Waals surface area contributed by atoms with Crippen molar-refractivity contribution in [2.24, 2.45) is 0 Å². The molecule has 1 heterocycles. The predicted octanol–water partition coefficient (Wildman–Crippen LogP) is 3.10. The fourth-order valence-corrected chi connectivity index (χ4v) is 1.41. The fraction of sp³-hybridized carbons (Fsp3) is 0.500. The van der Waals surface area contributed by atoms with E-state index in [-0.39, 0.29) is 18.0 Å². The molecule has 0 radical (unpaired) electrons. The highest BCUT2D eigenvalue weighted by Crippen LogP contribution is 2.23. The maximum Gasteiger partial charge on any atom is 0.303 e. The van der Waals surface area contributed by atoms with E-state index < -0.39 is 0 Å². The molecule has 3 nitrogen and oxygen atoms in total. The van der Waals surface area contributed by atoms with Gasteiger partial charge in [-0.15, -0.1) is 0 Å². The van der Waals surface area contributed by atoms with Gasteiger partial charge in [0.25, 0.3) is 0 Å². The van der Waals surface area contributed by atoms with Gasteiger partial charge in [0.1, 0.15) is 6.61 Å². The van der Waals surface area contributed by atoms with Gasteiger partial charge in [0.15, 0.2) is 0 Å². The molecule has 0 bridgehead atoms. The van der Waals surface area contributed by atoms with E-state index in [9.17, 15) is 4.79 Å². The number of pyridine rings is 1. The maximum atomic E-state index is 10.7. The number of carbonyl (C=O) groups excluding carboxylic acids is 1. The van der Waals surface area contributed by atoms with Crippen LogP contribution < -0.4 is 0 Å². The Balaban J connectivity index is 2.94. The Morgan fingerprint density at radius 1 is 1.44 bits per heavy atom. The van der Waals surface area contributed by atoms with Crippen molar-refractivity contribution in [3.8, 4) is 0 Å². The van der Waals surface area contributed by atoms with E-state index in [1.54, 1.807) is 6.07 Å². The lowest BCUT2D eigenvalue weighted by Crippen LogP contribution is -2.15. The van der Waals surface area contributed by atoms with Crippen LogP contribution in [0.1, 0.15) is 39.1 Å². The number of halogens is 1. The lowest BCUT2D eigenvalue weighted by Gasteiger charge is -2.18. The van der Waals surface area contributed by atoms with Crippen molar-refractivity contribution in [2.75, 3.05) is 0 Å². The summed E-state index contributed by atoms with van der Waals surface area (Å²) in [6.07, 6.45) is 0. The van der Waals surface area contributed by atoms with Crippen LogP contribution in [0.25, 0.3) is 0 Å². The van der Waals surface area contributed by atoms with Crippen LogP contribution >= 0.6 is 11.6 Å². The predicted molar refractivity (Wildman–Crippen MR) is 63.4 cm³/mol. The van der Waals surface area contributed by atoms with Gasteiger partial charge in [-0.05, 0) is 12.1 Å². The van der Waals surface area contributed by atoms with Gasteiger partial charge in [0.05, 0.1) is 5.69 Å². The van der Waals surface area contributed by atoms with Crippen molar-refractivity contribution in [1.82, 2.24) is 4.98 Å². The SMILES string of the molecule is CC(=O)OCc1cc(Cl)cc(C(C)(C)C)n1. The molecule has 1 aromatic heterocycles. The topological polar surface area (TPSA) is 39.2 Å². The van der Waals surface area contributed by atoms with Crippen LogP contribution in [0.4, 0.5) is 0 Å². The summed E-state index contributed by atoms with van der Waals surface area (Å²) in [5, 5.41) is 0.613. The van der Waals surface area contributed by atoms with Gasteiger partial charge >= 0.3 is 5.97 Å². The molecule has 88 valence electrons. The normalized spacial score (nSPS) is 11.3. The van der Waals surface area contributed by atoms with Gasteiger partial charge in [0.2, 0.25) is 0 Å². The second kappa shape index (κ2) is 4.83. The Kier molecular flexibility index (Phi) is 3.92. The standard InChI is InChI=1S/C12H16ClNO2/c1-8(15)16-7-10-5-9(13)6-11(14-10)12(2,3)4/h5-6H,7H2,1-4H3. The van der Waals surface area contributed by atoms with E-state index in [0.717, 1.165) is 5.69 Å². The smallest absolute Gasteiger partial charge is 0.303 e. The Morgan fingerprint density at radius 2 is 2.06 bits per heavy atom. The maximum absolute atomic E-state index is 10.7. The molecule has 0 unspecified atom stereocenters. The van der Waals surface area contributed by atoms with E-state index in [1.165, 1.54) is 6.92 Å². The van der Waals surface area contributed by atoms with E-state index in [2.05, 4.69) is 25.8 Å². The largest absolute Gasteiger partial charge is 0.459 e. The molecule has 0 saturated carbocycles. The van der Waals surface area contributed by atoms with Crippen LogP contribution in [0, 0.1) is 0 Å². The van der Waals surface area contributed by atoms with Crippen molar-refractivity contribution >= 4 is 17.6 Å². The molecule has 0 fully saturated rings. The van der Waals surface area contributed by atoms with Crippen molar-refractivity contribution in [2.45, 2.75) is 39.7 Å². The highest BCUT2D eigenvalue weighted by Gasteiger charge is 2.17. The third kappa shape index (κ3) is 3.81. The van der Waals surface area contributed by atoms with Crippen LogP contribution in [-0.2, 0) is 21.6 Å². The first-order chi connectivity index (χ1) is 7.29. The van der Waals surface area contributed by atoms with Gasteiger partial charge in [0, 0.05) is 23.1 Å². The number of aromatic nitrogens is 1. The van der Waals surface area contributed by atoms with Gasteiger partial charge in [-0.25, -0.2) is 0 Å². The van der Waals surface area contributed by atoms with E-state index in [4.69, 9.17) is 16.3 Å². The number of carbonyl (C=O) groups is 1. The molecule has 0 spiro atoms. The summed E-state index contributed by atoms with van der Waals surface area (Å²) >= 11 is 5.99. The first-order valence-corrected chi connectivity index (χ1v) is 5.47. The number of esters is 1. The third-order valence-electron chi connectivity index (χ3n) is 2.03. The summed E-state index contributed by atoms with van der Waals surface area (Å²) < 4.78 is 4.89. The summed E-state index contributed by atoms with van der Waals surface area (Å²) in [6.45, 7) is 7.71. The van der Waals surface area contributed by atoms with Crippen molar-refractivity contribution in [3.05, 3.63) is 28.5 Å². The number of hydrogen-bond donors (Lipinski definition) is 0. The molecule has 0 aliphatic heterocycles. The van der Waals surface area contributed by atoms with Crippen molar-refractivity contribution in [3.63, 3.8) is 0 Å². The van der Waals surface area contributed by atoms with Gasteiger partial charge in [-0.1, -0.05) is 32.4 Å². The quantitative estimate of drug-likeness (QED) is 0.747. The van der Waals surface area contributed by atoms with Gasteiger partial charge in [-0.2, -0.15) is 0 Å². The molecule has 0 aromatic carbocycles. The van der Waals surface area contributed by atoms with E-state index >= 15 is 0 Å². The molecule has 0 amide bonds. The Labute approximate surface area is 101 Å². The molecule has 16 heavy (non-hydrogen) atoms. The average Bonchev–Trinajstić information content (AvgIpc) is 2.12. The highest BCUT2D eigenvalue weighted by molar-refractivity contribution is 6.30. The molecule has 0 N–H and O–H groups in total. The lowest BCUT2D eigenvalue weighted by atomic mass is 9.91. The number of rotatable bonds is 2. The molecule has 1 aromatic rings. The molecule has 1 rings (SSSR count). The molecule has 0 saturated heterocycles. The van der Waals surface area contributed by atoms with Gasteiger partial charge < -0.3 is 4.74 Å². The summed E-state index contributed by atoms with van der Waals surface area (Å²) in [5.74, 6) is -0.320. The Morgan fingerprint density at radius 3 is 2.56 bits per heavy atom. The fourth-order valence-electron chi connectivity index (χ4n) is 1.18. The van der Waals surface area contributed by atoms with E-state index in [1.807, 2.05) is 6.07 Å². The zero-order valence-electron chi connectivity index (χ0n) is 10.0. The molecule has 0 aliphatic rings. The van der Waals surface area contributed by atoms with Gasteiger partial charge in [-0.3, -0.25) is 9.78 Å². The second-order valence-corrected chi connectivity index (χ2v) is 5.13. The van der Waals surface area contributed by atoms with Crippen molar-refractivity contribution < 1.29 is 9.53 Å². The van der Waals surface area contributed by atoms with Crippen LogP contribution in [-0.4, -0.2) is 11.0 Å².